The van der Waals surface area contributed by atoms with Gasteiger partial charge >= 0.3 is 5.97 Å². The highest BCUT2D eigenvalue weighted by atomic mass is 79.9. The van der Waals surface area contributed by atoms with Crippen molar-refractivity contribution in [2.45, 2.75) is 20.3 Å². The van der Waals surface area contributed by atoms with Gasteiger partial charge in [0, 0.05) is 15.9 Å². The van der Waals surface area contributed by atoms with Crippen molar-refractivity contribution >= 4 is 32.9 Å². The minimum atomic E-state index is -0.881. The summed E-state index contributed by atoms with van der Waals surface area (Å²) < 4.78 is 4.17. The van der Waals surface area contributed by atoms with Crippen LogP contribution < -0.4 is 0 Å². The zero-order valence-electron chi connectivity index (χ0n) is 10.0. The van der Waals surface area contributed by atoms with E-state index in [0.29, 0.717) is 17.1 Å². The van der Waals surface area contributed by atoms with E-state index in [4.69, 9.17) is 4.74 Å². The van der Waals surface area contributed by atoms with Crippen LogP contribution >= 0.6 is 15.9 Å². The van der Waals surface area contributed by atoms with E-state index in [1.54, 1.807) is 13.8 Å². The normalized spacial score (nSPS) is 25.8. The smallest absolute Gasteiger partial charge is 0.315 e. The Hall–Kier alpha value is -1.31. The first-order valence-electron chi connectivity index (χ1n) is 5.44. The first kappa shape index (κ1) is 13.1. The van der Waals surface area contributed by atoms with Crippen LogP contribution in [0.2, 0.25) is 0 Å². The summed E-state index contributed by atoms with van der Waals surface area (Å²) in [5, 5.41) is 12.8. The van der Waals surface area contributed by atoms with Gasteiger partial charge < -0.3 is 9.94 Å². The lowest BCUT2D eigenvalue weighted by Crippen LogP contribution is -2.43. The Labute approximate surface area is 113 Å². The number of rotatable bonds is 3. The van der Waals surface area contributed by atoms with Crippen LogP contribution in [0, 0.1) is 5.21 Å². The Morgan fingerprint density at radius 2 is 2.33 bits per heavy atom. The van der Waals surface area contributed by atoms with Gasteiger partial charge in [-0.15, -0.1) is 0 Å². The number of halogens is 1. The highest BCUT2D eigenvalue weighted by molar-refractivity contribution is 9.18. The summed E-state index contributed by atoms with van der Waals surface area (Å²) in [6, 6.07) is 0. The van der Waals surface area contributed by atoms with Crippen LogP contribution in [0.3, 0.4) is 0 Å². The lowest BCUT2D eigenvalue weighted by atomic mass is 10.2. The average molecular weight is 314 g/mol. The molecular weight excluding hydrogens is 302 g/mol. The third-order valence-corrected chi connectivity index (χ3v) is 3.36. The zero-order chi connectivity index (χ0) is 13.3. The molecule has 2 aliphatic heterocycles. The molecule has 18 heavy (non-hydrogen) atoms. The average Bonchev–Trinajstić information content (AvgIpc) is 2.53. The number of quaternary nitrogens is 1. The molecule has 0 aliphatic carbocycles. The maximum absolute atomic E-state index is 12.8. The molecule has 96 valence electrons. The van der Waals surface area contributed by atoms with Crippen molar-refractivity contribution < 1.29 is 14.2 Å². The third-order valence-electron chi connectivity index (χ3n) is 2.69. The molecule has 0 radical (unpaired) electrons. The van der Waals surface area contributed by atoms with E-state index < -0.39 is 10.6 Å². The molecule has 0 aromatic heterocycles. The molecule has 7 heteroatoms. The summed E-state index contributed by atoms with van der Waals surface area (Å²) in [5.41, 5.74) is 1.30. The van der Waals surface area contributed by atoms with Crippen LogP contribution in [-0.2, 0) is 9.53 Å². The standard InChI is InChI=1S/C11H12BrN3O3/c1-3-18-10(16)4-8-5-13-6-9-7(2)14-11(12)15(8,9)17/h5-6H,3-4H2,1-2H3. The Kier molecular flexibility index (Phi) is 3.47. The molecule has 0 N–H and O–H groups in total. The van der Waals surface area contributed by atoms with Gasteiger partial charge in [-0.1, -0.05) is 0 Å². The first-order valence-corrected chi connectivity index (χ1v) is 6.24. The van der Waals surface area contributed by atoms with Crippen molar-refractivity contribution in [1.29, 1.82) is 0 Å². The molecule has 2 rings (SSSR count). The van der Waals surface area contributed by atoms with Gasteiger partial charge in [-0.25, -0.2) is 4.65 Å². The summed E-state index contributed by atoms with van der Waals surface area (Å²) in [6.07, 6.45) is 2.76. The van der Waals surface area contributed by atoms with Crippen molar-refractivity contribution in [3.8, 4) is 0 Å². The molecule has 2 heterocycles. The fraction of sp³-hybridized carbons (Fsp3) is 0.364. The molecule has 0 aromatic rings. The number of amidine groups is 1. The number of allylic oxidation sites excluding steroid dienone is 2. The van der Waals surface area contributed by atoms with Crippen molar-refractivity contribution in [3.63, 3.8) is 0 Å². The number of nitrogens with zero attached hydrogens (tertiary/aromatic N) is 3. The largest absolute Gasteiger partial charge is 0.615 e. The molecule has 0 saturated carbocycles. The number of ether oxygens (including phenoxy) is 1. The Morgan fingerprint density at radius 3 is 3.00 bits per heavy atom. The predicted octanol–water partition coefficient (Wildman–Crippen LogP) is 2.18. The fourth-order valence-electron chi connectivity index (χ4n) is 1.83. The lowest BCUT2D eigenvalue weighted by molar-refractivity contribution is -0.691. The number of hydrogen-bond acceptors (Lipinski definition) is 5. The Bertz CT molecular complexity index is 522. The van der Waals surface area contributed by atoms with Crippen LogP contribution in [0.5, 0.6) is 0 Å². The molecule has 6 nitrogen and oxygen atoms in total. The molecule has 0 amide bonds. The van der Waals surface area contributed by atoms with Crippen molar-refractivity contribution in [3.05, 3.63) is 28.5 Å². The highest BCUT2D eigenvalue weighted by Crippen LogP contribution is 2.38. The monoisotopic (exact) mass is 313 g/mol. The second-order valence-electron chi connectivity index (χ2n) is 3.84. The van der Waals surface area contributed by atoms with Gasteiger partial charge in [0.25, 0.3) is 4.74 Å². The van der Waals surface area contributed by atoms with Gasteiger partial charge in [0.15, 0.2) is 11.4 Å². The van der Waals surface area contributed by atoms with Gasteiger partial charge in [-0.3, -0.25) is 9.79 Å². The molecule has 1 atom stereocenters. The van der Waals surface area contributed by atoms with E-state index in [2.05, 4.69) is 25.9 Å². The van der Waals surface area contributed by atoms with Crippen LogP contribution in [0.1, 0.15) is 20.3 Å². The summed E-state index contributed by atoms with van der Waals surface area (Å²) in [7, 11) is 0. The van der Waals surface area contributed by atoms with E-state index in [1.165, 1.54) is 12.4 Å². The van der Waals surface area contributed by atoms with E-state index in [0.717, 1.165) is 0 Å². The number of carbonyl (C=O) groups excluding carboxylic acids is 1. The van der Waals surface area contributed by atoms with E-state index in [1.807, 2.05) is 0 Å². The molecular formula is C11H12BrN3O3. The number of esters is 1. The maximum Gasteiger partial charge on any atom is 0.315 e. The molecule has 0 aromatic carbocycles. The second kappa shape index (κ2) is 4.75. The molecule has 2 aliphatic rings. The maximum atomic E-state index is 12.8. The van der Waals surface area contributed by atoms with Gasteiger partial charge in [-0.2, -0.15) is 4.99 Å². The van der Waals surface area contributed by atoms with Crippen molar-refractivity contribution in [2.75, 3.05) is 6.61 Å². The number of aliphatic imine (C=N–C) groups is 2. The summed E-state index contributed by atoms with van der Waals surface area (Å²) >= 11 is 3.16. The molecule has 0 fully saturated rings. The van der Waals surface area contributed by atoms with E-state index in [9.17, 15) is 10.0 Å². The zero-order valence-corrected chi connectivity index (χ0v) is 11.6. The summed E-state index contributed by atoms with van der Waals surface area (Å²) in [5.74, 6) is -0.446. The summed E-state index contributed by atoms with van der Waals surface area (Å²) in [4.78, 5) is 19.6. The Balaban J connectivity index is 2.32. The van der Waals surface area contributed by atoms with Crippen LogP contribution in [0.25, 0.3) is 0 Å². The van der Waals surface area contributed by atoms with Gasteiger partial charge in [0.05, 0.1) is 19.0 Å². The SMILES string of the molecule is CCOC(=O)CC1=CN=CC2=C(C)N=C(Br)[N+]12[O-]. The van der Waals surface area contributed by atoms with Gasteiger partial charge in [-0.05, 0) is 13.8 Å². The predicted molar refractivity (Wildman–Crippen MR) is 70.5 cm³/mol. The minimum absolute atomic E-state index is 0.101. The number of fused-ring (bicyclic) bond motifs is 1. The van der Waals surface area contributed by atoms with Gasteiger partial charge in [0.1, 0.15) is 12.1 Å². The Morgan fingerprint density at radius 1 is 1.61 bits per heavy atom. The highest BCUT2D eigenvalue weighted by Gasteiger charge is 2.42. The van der Waals surface area contributed by atoms with Crippen LogP contribution in [-0.4, -0.2) is 28.2 Å². The molecule has 1 unspecified atom stereocenters. The molecule has 0 spiro atoms. The fourth-order valence-corrected chi connectivity index (χ4v) is 2.52. The van der Waals surface area contributed by atoms with Crippen LogP contribution in [0.4, 0.5) is 0 Å². The lowest BCUT2D eigenvalue weighted by Gasteiger charge is -2.39. The molecule has 0 bridgehead atoms. The topological polar surface area (TPSA) is 74.1 Å². The van der Waals surface area contributed by atoms with E-state index in [-0.39, 0.29) is 17.8 Å². The van der Waals surface area contributed by atoms with Gasteiger partial charge in [0.2, 0.25) is 0 Å². The van der Waals surface area contributed by atoms with Crippen molar-refractivity contribution in [1.82, 2.24) is 0 Å². The second-order valence-corrected chi connectivity index (χ2v) is 4.55. The van der Waals surface area contributed by atoms with Crippen molar-refractivity contribution in [2.24, 2.45) is 9.98 Å². The summed E-state index contributed by atoms with van der Waals surface area (Å²) in [6.45, 7) is 3.73. The minimum Gasteiger partial charge on any atom is -0.615 e. The molecule has 0 saturated heterocycles. The number of carbonyl (C=O) groups is 1. The third kappa shape index (κ3) is 1.94. The number of hydrogen-bond donors (Lipinski definition) is 0. The van der Waals surface area contributed by atoms with Crippen LogP contribution in [0.15, 0.2) is 33.3 Å². The number of hydroxylamine groups is 3. The van der Waals surface area contributed by atoms with E-state index >= 15 is 0 Å². The first-order chi connectivity index (χ1) is 8.50. The quantitative estimate of drug-likeness (QED) is 0.347.